The summed E-state index contributed by atoms with van der Waals surface area (Å²) < 4.78 is 0. The number of rotatable bonds is 4. The molecular formula is C14H16ClN3. The largest absolute Gasteiger partial charge is 0.370 e. The molecule has 0 aliphatic heterocycles. The van der Waals surface area contributed by atoms with E-state index in [-0.39, 0.29) is 0 Å². The highest BCUT2D eigenvalue weighted by Crippen LogP contribution is 2.30. The topological polar surface area (TPSA) is 37.8 Å². The van der Waals surface area contributed by atoms with Crippen molar-refractivity contribution in [3.63, 3.8) is 0 Å². The SMILES string of the molecule is CCCNc1ncnc(-c2ccccc2Cl)c1C. The van der Waals surface area contributed by atoms with Gasteiger partial charge in [-0.15, -0.1) is 0 Å². The fourth-order valence-electron chi connectivity index (χ4n) is 1.80. The van der Waals surface area contributed by atoms with Crippen molar-refractivity contribution in [3.05, 3.63) is 41.2 Å². The molecule has 2 aromatic rings. The van der Waals surface area contributed by atoms with Crippen molar-refractivity contribution in [2.45, 2.75) is 20.3 Å². The minimum Gasteiger partial charge on any atom is -0.370 e. The summed E-state index contributed by atoms with van der Waals surface area (Å²) in [4.78, 5) is 8.61. The van der Waals surface area contributed by atoms with Crippen molar-refractivity contribution in [1.82, 2.24) is 9.97 Å². The molecule has 94 valence electrons. The highest BCUT2D eigenvalue weighted by molar-refractivity contribution is 6.33. The Morgan fingerprint density at radius 3 is 2.72 bits per heavy atom. The van der Waals surface area contributed by atoms with Gasteiger partial charge in [-0.25, -0.2) is 9.97 Å². The summed E-state index contributed by atoms with van der Waals surface area (Å²) in [6, 6.07) is 7.72. The summed E-state index contributed by atoms with van der Waals surface area (Å²) >= 11 is 6.21. The van der Waals surface area contributed by atoms with Gasteiger partial charge in [0.25, 0.3) is 0 Å². The number of benzene rings is 1. The van der Waals surface area contributed by atoms with Crippen LogP contribution in [-0.2, 0) is 0 Å². The first-order chi connectivity index (χ1) is 8.74. The smallest absolute Gasteiger partial charge is 0.132 e. The number of nitrogens with one attached hydrogen (secondary N) is 1. The maximum absolute atomic E-state index is 6.21. The van der Waals surface area contributed by atoms with Gasteiger partial charge in [0.1, 0.15) is 12.1 Å². The van der Waals surface area contributed by atoms with Gasteiger partial charge in [0.05, 0.1) is 5.69 Å². The van der Waals surface area contributed by atoms with Crippen molar-refractivity contribution in [2.24, 2.45) is 0 Å². The van der Waals surface area contributed by atoms with Crippen molar-refractivity contribution in [1.29, 1.82) is 0 Å². The number of nitrogens with zero attached hydrogens (tertiary/aromatic N) is 2. The zero-order valence-corrected chi connectivity index (χ0v) is 11.3. The molecule has 0 atom stereocenters. The van der Waals surface area contributed by atoms with Gasteiger partial charge in [-0.3, -0.25) is 0 Å². The van der Waals surface area contributed by atoms with Gasteiger partial charge in [-0.2, -0.15) is 0 Å². The van der Waals surface area contributed by atoms with Gasteiger partial charge in [0, 0.05) is 22.7 Å². The summed E-state index contributed by atoms with van der Waals surface area (Å²) in [7, 11) is 0. The van der Waals surface area contributed by atoms with Crippen LogP contribution in [0.15, 0.2) is 30.6 Å². The van der Waals surface area contributed by atoms with Crippen molar-refractivity contribution in [3.8, 4) is 11.3 Å². The maximum atomic E-state index is 6.21. The van der Waals surface area contributed by atoms with Crippen LogP contribution in [0.4, 0.5) is 5.82 Å². The van der Waals surface area contributed by atoms with E-state index in [1.807, 2.05) is 31.2 Å². The Labute approximate surface area is 112 Å². The molecule has 4 heteroatoms. The van der Waals surface area contributed by atoms with Gasteiger partial charge >= 0.3 is 0 Å². The zero-order chi connectivity index (χ0) is 13.0. The highest BCUT2D eigenvalue weighted by atomic mass is 35.5. The molecule has 0 unspecified atom stereocenters. The van der Waals surface area contributed by atoms with Gasteiger partial charge in [0.15, 0.2) is 0 Å². The summed E-state index contributed by atoms with van der Waals surface area (Å²) in [6.07, 6.45) is 2.63. The fraction of sp³-hybridized carbons (Fsp3) is 0.286. The molecule has 0 bridgehead atoms. The minimum absolute atomic E-state index is 0.709. The molecule has 0 saturated heterocycles. The van der Waals surface area contributed by atoms with E-state index in [0.29, 0.717) is 5.02 Å². The lowest BCUT2D eigenvalue weighted by Gasteiger charge is -2.11. The summed E-state index contributed by atoms with van der Waals surface area (Å²) in [5, 5.41) is 4.01. The molecular weight excluding hydrogens is 246 g/mol. The first-order valence-corrected chi connectivity index (χ1v) is 6.42. The fourth-order valence-corrected chi connectivity index (χ4v) is 2.02. The molecule has 0 fully saturated rings. The van der Waals surface area contributed by atoms with E-state index in [2.05, 4.69) is 22.2 Å². The molecule has 0 aliphatic rings. The minimum atomic E-state index is 0.709. The van der Waals surface area contributed by atoms with Gasteiger partial charge in [0.2, 0.25) is 0 Å². The third-order valence-corrected chi connectivity index (χ3v) is 3.09. The van der Waals surface area contributed by atoms with Crippen molar-refractivity contribution in [2.75, 3.05) is 11.9 Å². The molecule has 1 aromatic heterocycles. The summed E-state index contributed by atoms with van der Waals surface area (Å²) in [6.45, 7) is 5.04. The van der Waals surface area contributed by atoms with Crippen LogP contribution >= 0.6 is 11.6 Å². The third-order valence-electron chi connectivity index (χ3n) is 2.76. The number of halogens is 1. The Balaban J connectivity index is 2.43. The number of anilines is 1. The number of hydrogen-bond acceptors (Lipinski definition) is 3. The molecule has 1 N–H and O–H groups in total. The zero-order valence-electron chi connectivity index (χ0n) is 10.6. The predicted molar refractivity (Wildman–Crippen MR) is 76.0 cm³/mol. The van der Waals surface area contributed by atoms with E-state index in [9.17, 15) is 0 Å². The number of aromatic nitrogens is 2. The molecule has 3 nitrogen and oxygen atoms in total. The van der Waals surface area contributed by atoms with Crippen LogP contribution in [0.3, 0.4) is 0 Å². The standard InChI is InChI=1S/C14H16ClN3/c1-3-8-16-14-10(2)13(17-9-18-14)11-6-4-5-7-12(11)15/h4-7,9H,3,8H2,1-2H3,(H,16,17,18). The lowest BCUT2D eigenvalue weighted by Crippen LogP contribution is -2.05. The van der Waals surface area contributed by atoms with E-state index < -0.39 is 0 Å². The van der Waals surface area contributed by atoms with Gasteiger partial charge < -0.3 is 5.32 Å². The molecule has 18 heavy (non-hydrogen) atoms. The van der Waals surface area contributed by atoms with E-state index in [1.165, 1.54) is 0 Å². The molecule has 0 radical (unpaired) electrons. The van der Waals surface area contributed by atoms with Crippen LogP contribution in [0, 0.1) is 6.92 Å². The summed E-state index contributed by atoms with van der Waals surface area (Å²) in [5.41, 5.74) is 2.85. The molecule has 0 spiro atoms. The third kappa shape index (κ3) is 2.62. The Morgan fingerprint density at radius 1 is 1.22 bits per heavy atom. The molecule has 0 amide bonds. The maximum Gasteiger partial charge on any atom is 0.132 e. The molecule has 0 saturated carbocycles. The second-order valence-electron chi connectivity index (χ2n) is 4.10. The van der Waals surface area contributed by atoms with Crippen molar-refractivity contribution < 1.29 is 0 Å². The average molecular weight is 262 g/mol. The summed E-state index contributed by atoms with van der Waals surface area (Å²) in [5.74, 6) is 0.877. The van der Waals surface area contributed by atoms with Crippen LogP contribution in [0.1, 0.15) is 18.9 Å². The second kappa shape index (κ2) is 5.83. The van der Waals surface area contributed by atoms with E-state index in [4.69, 9.17) is 11.6 Å². The molecule has 1 aromatic carbocycles. The molecule has 2 rings (SSSR count). The first kappa shape index (κ1) is 12.8. The van der Waals surface area contributed by atoms with Crippen LogP contribution in [0.2, 0.25) is 5.02 Å². The van der Waals surface area contributed by atoms with Crippen LogP contribution in [0.5, 0.6) is 0 Å². The Hall–Kier alpha value is -1.61. The van der Waals surface area contributed by atoms with Gasteiger partial charge in [-0.05, 0) is 19.4 Å². The van der Waals surface area contributed by atoms with Gasteiger partial charge in [-0.1, -0.05) is 36.7 Å². The monoisotopic (exact) mass is 261 g/mol. The second-order valence-corrected chi connectivity index (χ2v) is 4.51. The first-order valence-electron chi connectivity index (χ1n) is 6.04. The predicted octanol–water partition coefficient (Wildman–Crippen LogP) is 3.93. The Bertz CT molecular complexity index is 540. The van der Waals surface area contributed by atoms with Crippen LogP contribution in [0.25, 0.3) is 11.3 Å². The highest BCUT2D eigenvalue weighted by Gasteiger charge is 2.10. The van der Waals surface area contributed by atoms with Crippen LogP contribution in [-0.4, -0.2) is 16.5 Å². The Kier molecular flexibility index (Phi) is 4.15. The van der Waals surface area contributed by atoms with E-state index in [1.54, 1.807) is 6.33 Å². The van der Waals surface area contributed by atoms with E-state index >= 15 is 0 Å². The van der Waals surface area contributed by atoms with E-state index in [0.717, 1.165) is 35.6 Å². The molecule has 1 heterocycles. The normalized spacial score (nSPS) is 10.4. The average Bonchev–Trinajstić information content (AvgIpc) is 2.39. The lowest BCUT2D eigenvalue weighted by molar-refractivity contribution is 0.960. The van der Waals surface area contributed by atoms with Crippen LogP contribution < -0.4 is 5.32 Å². The molecule has 0 aliphatic carbocycles. The number of hydrogen-bond donors (Lipinski definition) is 1. The lowest BCUT2D eigenvalue weighted by atomic mass is 10.1. The Morgan fingerprint density at radius 2 is 2.00 bits per heavy atom. The quantitative estimate of drug-likeness (QED) is 0.906. The van der Waals surface area contributed by atoms with Crippen molar-refractivity contribution >= 4 is 17.4 Å².